The van der Waals surface area contributed by atoms with Gasteiger partial charge in [0.15, 0.2) is 17.3 Å². The van der Waals surface area contributed by atoms with Crippen LogP contribution in [0.5, 0.6) is 0 Å². The summed E-state index contributed by atoms with van der Waals surface area (Å²) in [4.78, 5) is 13.6. The lowest BCUT2D eigenvalue weighted by atomic mass is 10.2. The van der Waals surface area contributed by atoms with Crippen molar-refractivity contribution >= 4 is 5.91 Å². The number of aromatic nitrogens is 2. The first-order chi connectivity index (χ1) is 10.3. The van der Waals surface area contributed by atoms with E-state index in [1.54, 1.807) is 13.8 Å². The third-order valence-electron chi connectivity index (χ3n) is 3.15. The van der Waals surface area contributed by atoms with E-state index in [0.717, 1.165) is 16.8 Å². The Morgan fingerprint density at radius 2 is 2.00 bits per heavy atom. The highest BCUT2D eigenvalue weighted by Gasteiger charge is 2.21. The van der Waals surface area contributed by atoms with Crippen molar-refractivity contribution in [1.82, 2.24) is 14.7 Å². The molecule has 0 saturated carbocycles. The molecule has 0 aliphatic rings. The van der Waals surface area contributed by atoms with E-state index in [4.69, 9.17) is 0 Å². The molecule has 22 heavy (non-hydrogen) atoms. The molecule has 1 N–H and O–H groups in total. The zero-order valence-electron chi connectivity index (χ0n) is 12.5. The summed E-state index contributed by atoms with van der Waals surface area (Å²) in [5.74, 6) is -1.95. The summed E-state index contributed by atoms with van der Waals surface area (Å²) in [6.45, 7) is 3.33. The molecule has 1 aromatic carbocycles. The van der Waals surface area contributed by atoms with E-state index >= 15 is 0 Å². The third-order valence-corrected chi connectivity index (χ3v) is 3.15. The number of aliphatic hydroxyl groups excluding tert-OH is 1. The maximum atomic E-state index is 13.8. The fraction of sp³-hybridized carbons (Fsp3) is 0.333. The van der Waals surface area contributed by atoms with Crippen LogP contribution in [0, 0.1) is 18.6 Å². The van der Waals surface area contributed by atoms with Crippen molar-refractivity contribution in [2.24, 2.45) is 0 Å². The summed E-state index contributed by atoms with van der Waals surface area (Å²) in [6.07, 6.45) is 0.714. The first-order valence-corrected chi connectivity index (χ1v) is 6.75. The normalized spacial score (nSPS) is 12.3. The number of likely N-dealkylation sites (N-methyl/N-ethyl adjacent to an activating group) is 1. The number of carbonyl (C=O) groups excluding carboxylic acids is 1. The molecule has 118 valence electrons. The van der Waals surface area contributed by atoms with Crippen LogP contribution in [0.15, 0.2) is 24.4 Å². The van der Waals surface area contributed by atoms with Crippen molar-refractivity contribution in [3.05, 3.63) is 47.3 Å². The number of rotatable bonds is 4. The number of carbonyl (C=O) groups is 1. The molecule has 0 aliphatic heterocycles. The van der Waals surface area contributed by atoms with Gasteiger partial charge in [0, 0.05) is 25.4 Å². The van der Waals surface area contributed by atoms with Gasteiger partial charge >= 0.3 is 0 Å². The van der Waals surface area contributed by atoms with E-state index in [0.29, 0.717) is 5.56 Å². The average molecular weight is 309 g/mol. The van der Waals surface area contributed by atoms with Crippen LogP contribution in [0.4, 0.5) is 8.78 Å². The maximum Gasteiger partial charge on any atom is 0.274 e. The maximum absolute atomic E-state index is 13.8. The molecule has 0 radical (unpaired) electrons. The van der Waals surface area contributed by atoms with Crippen molar-refractivity contribution in [3.63, 3.8) is 0 Å². The zero-order valence-corrected chi connectivity index (χ0v) is 12.5. The van der Waals surface area contributed by atoms with Crippen LogP contribution < -0.4 is 0 Å². The van der Waals surface area contributed by atoms with Crippen LogP contribution >= 0.6 is 0 Å². The standard InChI is InChI=1S/C15H17F2N3O2/c1-9-7-20(14-11(16)5-4-6-12(14)17)18-13(9)15(22)19(3)8-10(2)21/h4-7,10,21H,8H2,1-3H3. The minimum atomic E-state index is -0.765. The molecule has 2 aromatic rings. The summed E-state index contributed by atoms with van der Waals surface area (Å²) < 4.78 is 28.6. The van der Waals surface area contributed by atoms with Crippen molar-refractivity contribution < 1.29 is 18.7 Å². The van der Waals surface area contributed by atoms with Gasteiger partial charge in [0.25, 0.3) is 5.91 Å². The Morgan fingerprint density at radius 1 is 1.41 bits per heavy atom. The van der Waals surface area contributed by atoms with Gasteiger partial charge in [0.05, 0.1) is 6.10 Å². The molecular formula is C15H17F2N3O2. The zero-order chi connectivity index (χ0) is 16.4. The molecule has 0 fully saturated rings. The van der Waals surface area contributed by atoms with Crippen molar-refractivity contribution in [2.45, 2.75) is 20.0 Å². The minimum Gasteiger partial charge on any atom is -0.392 e. The van der Waals surface area contributed by atoms with E-state index in [-0.39, 0.29) is 17.9 Å². The van der Waals surface area contributed by atoms with E-state index in [1.807, 2.05) is 0 Å². The van der Waals surface area contributed by atoms with E-state index in [9.17, 15) is 18.7 Å². The topological polar surface area (TPSA) is 58.4 Å². The lowest BCUT2D eigenvalue weighted by Gasteiger charge is -2.17. The van der Waals surface area contributed by atoms with Gasteiger partial charge in [-0.15, -0.1) is 0 Å². The first-order valence-electron chi connectivity index (χ1n) is 6.75. The van der Waals surface area contributed by atoms with Gasteiger partial charge in [-0.3, -0.25) is 4.79 Å². The summed E-state index contributed by atoms with van der Waals surface area (Å²) in [5, 5.41) is 13.3. The summed E-state index contributed by atoms with van der Waals surface area (Å²) >= 11 is 0. The lowest BCUT2D eigenvalue weighted by Crippen LogP contribution is -2.33. The molecule has 5 nitrogen and oxygen atoms in total. The van der Waals surface area contributed by atoms with Crippen LogP contribution in [0.25, 0.3) is 5.69 Å². The number of para-hydroxylation sites is 1. The van der Waals surface area contributed by atoms with Gasteiger partial charge in [-0.25, -0.2) is 13.5 Å². The summed E-state index contributed by atoms with van der Waals surface area (Å²) in [7, 11) is 1.52. The number of hydrogen-bond acceptors (Lipinski definition) is 3. The minimum absolute atomic E-state index is 0.0887. The van der Waals surface area contributed by atoms with Crippen molar-refractivity contribution in [2.75, 3.05) is 13.6 Å². The van der Waals surface area contributed by atoms with Crippen molar-refractivity contribution in [3.8, 4) is 5.69 Å². The van der Waals surface area contributed by atoms with Gasteiger partial charge < -0.3 is 10.0 Å². The number of amides is 1. The lowest BCUT2D eigenvalue weighted by molar-refractivity contribution is 0.0697. The predicted molar refractivity (Wildman–Crippen MR) is 76.9 cm³/mol. The van der Waals surface area contributed by atoms with E-state index in [1.165, 1.54) is 24.2 Å². The highest BCUT2D eigenvalue weighted by atomic mass is 19.1. The smallest absolute Gasteiger partial charge is 0.274 e. The van der Waals surface area contributed by atoms with Gasteiger partial charge in [0.1, 0.15) is 5.69 Å². The molecule has 1 atom stereocenters. The molecule has 1 heterocycles. The van der Waals surface area contributed by atoms with Crippen LogP contribution in [0.1, 0.15) is 23.0 Å². The number of halogens is 2. The Kier molecular flexibility index (Phi) is 4.56. The Labute approximate surface area is 126 Å². The summed E-state index contributed by atoms with van der Waals surface area (Å²) in [6, 6.07) is 3.50. The van der Waals surface area contributed by atoms with Gasteiger partial charge in [0.2, 0.25) is 0 Å². The van der Waals surface area contributed by atoms with Crippen LogP contribution in [-0.2, 0) is 0 Å². The molecule has 0 aliphatic carbocycles. The molecule has 1 unspecified atom stereocenters. The largest absolute Gasteiger partial charge is 0.392 e. The number of aryl methyl sites for hydroxylation is 1. The van der Waals surface area contributed by atoms with Crippen molar-refractivity contribution in [1.29, 1.82) is 0 Å². The fourth-order valence-corrected chi connectivity index (χ4v) is 2.15. The molecule has 0 saturated heterocycles. The van der Waals surface area contributed by atoms with Crippen LogP contribution in [-0.4, -0.2) is 45.4 Å². The number of hydrogen-bond donors (Lipinski definition) is 1. The van der Waals surface area contributed by atoms with Gasteiger partial charge in [-0.05, 0) is 26.0 Å². The second-order valence-corrected chi connectivity index (χ2v) is 5.21. The van der Waals surface area contributed by atoms with Crippen LogP contribution in [0.2, 0.25) is 0 Å². The molecule has 0 bridgehead atoms. The highest BCUT2D eigenvalue weighted by Crippen LogP contribution is 2.19. The first kappa shape index (κ1) is 16.1. The van der Waals surface area contributed by atoms with E-state index in [2.05, 4.69) is 5.10 Å². The molecule has 2 rings (SSSR count). The Balaban J connectivity index is 2.38. The molecule has 0 spiro atoms. The molecule has 7 heteroatoms. The Bertz CT molecular complexity index is 678. The molecular weight excluding hydrogens is 292 g/mol. The van der Waals surface area contributed by atoms with Gasteiger partial charge in [-0.1, -0.05) is 6.07 Å². The fourth-order valence-electron chi connectivity index (χ4n) is 2.15. The number of benzene rings is 1. The number of aliphatic hydroxyl groups is 1. The Hall–Kier alpha value is -2.28. The quantitative estimate of drug-likeness (QED) is 0.938. The SMILES string of the molecule is Cc1cn(-c2c(F)cccc2F)nc1C(=O)N(C)CC(C)O. The molecule has 1 amide bonds. The second kappa shape index (κ2) is 6.23. The Morgan fingerprint density at radius 3 is 2.55 bits per heavy atom. The third kappa shape index (κ3) is 3.14. The predicted octanol–water partition coefficient (Wildman–Crippen LogP) is 1.91. The average Bonchev–Trinajstić information content (AvgIpc) is 2.78. The van der Waals surface area contributed by atoms with Gasteiger partial charge in [-0.2, -0.15) is 5.10 Å². The van der Waals surface area contributed by atoms with E-state index < -0.39 is 23.6 Å². The highest BCUT2D eigenvalue weighted by molar-refractivity contribution is 5.93. The number of nitrogens with zero attached hydrogens (tertiary/aromatic N) is 3. The monoisotopic (exact) mass is 309 g/mol. The summed E-state index contributed by atoms with van der Waals surface area (Å²) in [5.41, 5.74) is 0.249. The second-order valence-electron chi connectivity index (χ2n) is 5.21. The van der Waals surface area contributed by atoms with Crippen LogP contribution in [0.3, 0.4) is 0 Å². The molecule has 1 aromatic heterocycles.